The number of sulfonamides is 1. The van der Waals surface area contributed by atoms with Gasteiger partial charge in [0.15, 0.2) is 0 Å². The highest BCUT2D eigenvalue weighted by atomic mass is 32.2. The fraction of sp³-hybridized carbons (Fsp3) is 0.333. The van der Waals surface area contributed by atoms with Gasteiger partial charge < -0.3 is 23.8 Å². The van der Waals surface area contributed by atoms with Crippen LogP contribution in [0.2, 0.25) is 0 Å². The summed E-state index contributed by atoms with van der Waals surface area (Å²) in [5, 5.41) is 0.439. The van der Waals surface area contributed by atoms with Crippen LogP contribution in [0.5, 0.6) is 5.75 Å². The van der Waals surface area contributed by atoms with Crippen molar-refractivity contribution in [3.63, 3.8) is 0 Å². The second-order valence-electron chi connectivity index (χ2n) is 6.11. The molecule has 0 aliphatic carbocycles. The van der Waals surface area contributed by atoms with Crippen LogP contribution in [0.3, 0.4) is 0 Å². The summed E-state index contributed by atoms with van der Waals surface area (Å²) in [4.78, 5) is 18.9. The van der Waals surface area contributed by atoms with Gasteiger partial charge in [-0.05, 0) is 19.1 Å². The largest absolute Gasteiger partial charge is 0.491 e. The van der Waals surface area contributed by atoms with Crippen LogP contribution < -0.4 is 9.46 Å². The van der Waals surface area contributed by atoms with E-state index in [1.807, 2.05) is 0 Å². The smallest absolute Gasteiger partial charge is 0.354 e. The molecule has 3 rings (SSSR count). The Kier molecular flexibility index (Phi) is 6.09. The Bertz CT molecular complexity index is 1120. The third-order valence-electron chi connectivity index (χ3n) is 4.02. The number of carbonyl (C=O) groups is 1. The summed E-state index contributed by atoms with van der Waals surface area (Å²) in [5.41, 5.74) is 0.840. The number of anilines is 1. The first kappa shape index (κ1) is 20.7. The predicted molar refractivity (Wildman–Crippen MR) is 106 cm³/mol. The van der Waals surface area contributed by atoms with E-state index >= 15 is 0 Å². The average molecular weight is 422 g/mol. The molecule has 0 aliphatic heterocycles. The summed E-state index contributed by atoms with van der Waals surface area (Å²) in [6, 6.07) is 4.81. The molecule has 0 saturated heterocycles. The zero-order chi connectivity index (χ0) is 21.0. The maximum atomic E-state index is 12.8. The number of imidazole rings is 1. The molecule has 156 valence electrons. The van der Waals surface area contributed by atoms with Crippen LogP contribution in [0.15, 0.2) is 35.7 Å². The van der Waals surface area contributed by atoms with E-state index in [2.05, 4.69) is 14.7 Å². The molecule has 0 saturated carbocycles. The van der Waals surface area contributed by atoms with Gasteiger partial charge in [0.25, 0.3) is 10.0 Å². The van der Waals surface area contributed by atoms with Gasteiger partial charge in [0.05, 0.1) is 24.4 Å². The number of hydrogen-bond donors (Lipinski definition) is 2. The Hall–Kier alpha value is -3.05. The van der Waals surface area contributed by atoms with E-state index < -0.39 is 16.0 Å². The number of aryl methyl sites for hydroxylation is 1. The molecule has 2 aromatic heterocycles. The van der Waals surface area contributed by atoms with Crippen LogP contribution in [-0.4, -0.2) is 55.9 Å². The van der Waals surface area contributed by atoms with E-state index in [1.54, 1.807) is 33.2 Å². The number of rotatable bonds is 9. The standard InChI is InChI=1S/C18H22N4O6S/c1-4-27-17(23)15-10-12-9-13(28-8-7-26-3)11-14(16(12)20-15)21-29(24,25)18-19-5-6-22(18)2/h5-6,9-11,20-21H,4,7-8H2,1-3H3. The molecule has 0 bridgehead atoms. The van der Waals surface area contributed by atoms with Crippen molar-refractivity contribution in [3.8, 4) is 5.75 Å². The lowest BCUT2D eigenvalue weighted by molar-refractivity contribution is 0.0520. The highest BCUT2D eigenvalue weighted by Gasteiger charge is 2.22. The van der Waals surface area contributed by atoms with Gasteiger partial charge >= 0.3 is 5.97 Å². The highest BCUT2D eigenvalue weighted by molar-refractivity contribution is 7.92. The maximum absolute atomic E-state index is 12.8. The average Bonchev–Trinajstić information content (AvgIpc) is 3.28. The monoisotopic (exact) mass is 422 g/mol. The number of nitrogens with zero attached hydrogens (tertiary/aromatic N) is 2. The summed E-state index contributed by atoms with van der Waals surface area (Å²) in [5.74, 6) is -0.120. The quantitative estimate of drug-likeness (QED) is 0.399. The van der Waals surface area contributed by atoms with Crippen molar-refractivity contribution in [2.45, 2.75) is 12.1 Å². The Labute approximate surface area is 167 Å². The number of hydrogen-bond acceptors (Lipinski definition) is 7. The molecule has 0 atom stereocenters. The summed E-state index contributed by atoms with van der Waals surface area (Å²) in [6.45, 7) is 2.57. The lowest BCUT2D eigenvalue weighted by Gasteiger charge is -2.12. The topological polar surface area (TPSA) is 125 Å². The summed E-state index contributed by atoms with van der Waals surface area (Å²) < 4.78 is 45.1. The van der Waals surface area contributed by atoms with E-state index in [0.717, 1.165) is 0 Å². The normalized spacial score (nSPS) is 11.6. The molecule has 0 spiro atoms. The van der Waals surface area contributed by atoms with E-state index in [4.69, 9.17) is 14.2 Å². The number of methoxy groups -OCH3 is 1. The van der Waals surface area contributed by atoms with Crippen LogP contribution in [0.1, 0.15) is 17.4 Å². The molecule has 0 fully saturated rings. The molecule has 0 aliphatic rings. The Morgan fingerprint density at radius 1 is 1.28 bits per heavy atom. The minimum atomic E-state index is -3.97. The molecule has 1 aromatic carbocycles. The molecule has 0 radical (unpaired) electrons. The first-order valence-electron chi connectivity index (χ1n) is 8.81. The first-order valence-corrected chi connectivity index (χ1v) is 10.3. The van der Waals surface area contributed by atoms with Crippen molar-refractivity contribution in [2.75, 3.05) is 31.7 Å². The molecular weight excluding hydrogens is 400 g/mol. The van der Waals surface area contributed by atoms with Crippen LogP contribution in [0, 0.1) is 0 Å². The zero-order valence-electron chi connectivity index (χ0n) is 16.3. The zero-order valence-corrected chi connectivity index (χ0v) is 17.1. The number of aromatic amines is 1. The van der Waals surface area contributed by atoms with Crippen LogP contribution in [0.25, 0.3) is 10.9 Å². The SMILES string of the molecule is CCOC(=O)c1cc2cc(OCCOC)cc(NS(=O)(=O)c3nccn3C)c2[nH]1. The van der Waals surface area contributed by atoms with Gasteiger partial charge in [-0.2, -0.15) is 8.42 Å². The summed E-state index contributed by atoms with van der Waals surface area (Å²) in [7, 11) is -0.839. The number of nitrogens with one attached hydrogen (secondary N) is 2. The van der Waals surface area contributed by atoms with E-state index in [9.17, 15) is 13.2 Å². The third kappa shape index (κ3) is 4.51. The first-order chi connectivity index (χ1) is 13.9. The summed E-state index contributed by atoms with van der Waals surface area (Å²) in [6.07, 6.45) is 2.92. The third-order valence-corrected chi connectivity index (χ3v) is 5.38. The van der Waals surface area contributed by atoms with Gasteiger partial charge in [-0.15, -0.1) is 0 Å². The van der Waals surface area contributed by atoms with E-state index in [-0.39, 0.29) is 29.8 Å². The lowest BCUT2D eigenvalue weighted by Crippen LogP contribution is -2.17. The van der Waals surface area contributed by atoms with Crippen molar-refractivity contribution in [2.24, 2.45) is 7.05 Å². The second kappa shape index (κ2) is 8.53. The van der Waals surface area contributed by atoms with Gasteiger partial charge in [0, 0.05) is 38.0 Å². The van der Waals surface area contributed by atoms with Crippen molar-refractivity contribution in [1.29, 1.82) is 0 Å². The Balaban J connectivity index is 2.04. The van der Waals surface area contributed by atoms with Gasteiger partial charge in [0.1, 0.15) is 18.1 Å². The van der Waals surface area contributed by atoms with Crippen LogP contribution in [-0.2, 0) is 26.5 Å². The van der Waals surface area contributed by atoms with Crippen molar-refractivity contribution in [1.82, 2.24) is 14.5 Å². The number of aromatic nitrogens is 3. The predicted octanol–water partition coefficient (Wildman–Crippen LogP) is 1.90. The Morgan fingerprint density at radius 3 is 2.72 bits per heavy atom. The van der Waals surface area contributed by atoms with Gasteiger partial charge in [-0.25, -0.2) is 9.78 Å². The van der Waals surface area contributed by atoms with Gasteiger partial charge in [0.2, 0.25) is 5.16 Å². The molecule has 11 heteroatoms. The fourth-order valence-corrected chi connectivity index (χ4v) is 3.92. The van der Waals surface area contributed by atoms with Crippen LogP contribution in [0.4, 0.5) is 5.69 Å². The van der Waals surface area contributed by atoms with Gasteiger partial charge in [-0.3, -0.25) is 4.72 Å². The van der Waals surface area contributed by atoms with E-state index in [1.165, 1.54) is 23.0 Å². The van der Waals surface area contributed by atoms with Gasteiger partial charge in [-0.1, -0.05) is 0 Å². The number of H-pyrrole nitrogens is 1. The molecule has 0 amide bonds. The lowest BCUT2D eigenvalue weighted by atomic mass is 10.2. The van der Waals surface area contributed by atoms with Crippen molar-refractivity contribution in [3.05, 3.63) is 36.3 Å². The molecule has 3 aromatic rings. The Morgan fingerprint density at radius 2 is 2.07 bits per heavy atom. The fourth-order valence-electron chi connectivity index (χ4n) is 2.74. The molecular formula is C18H22N4O6S. The van der Waals surface area contributed by atoms with Crippen molar-refractivity contribution >= 4 is 32.6 Å². The number of esters is 1. The molecule has 0 unspecified atom stereocenters. The van der Waals surface area contributed by atoms with Crippen molar-refractivity contribution < 1.29 is 27.4 Å². The minimum absolute atomic E-state index is 0.145. The van der Waals surface area contributed by atoms with Crippen LogP contribution >= 0.6 is 0 Å². The molecule has 2 N–H and O–H groups in total. The van der Waals surface area contributed by atoms with E-state index in [0.29, 0.717) is 23.3 Å². The number of carbonyl (C=O) groups excluding carboxylic acids is 1. The second-order valence-corrected chi connectivity index (χ2v) is 7.68. The molecule has 10 nitrogen and oxygen atoms in total. The maximum Gasteiger partial charge on any atom is 0.354 e. The molecule has 29 heavy (non-hydrogen) atoms. The highest BCUT2D eigenvalue weighted by Crippen LogP contribution is 2.31. The molecule has 2 heterocycles. The number of benzene rings is 1. The number of ether oxygens (including phenoxy) is 3. The number of fused-ring (bicyclic) bond motifs is 1. The minimum Gasteiger partial charge on any atom is -0.491 e. The summed E-state index contributed by atoms with van der Waals surface area (Å²) >= 11 is 0.